The number of nitrogens with zero attached hydrogens (tertiary/aromatic N) is 2. The van der Waals surface area contributed by atoms with Crippen molar-refractivity contribution in [2.24, 2.45) is 0 Å². The van der Waals surface area contributed by atoms with Crippen molar-refractivity contribution in [2.75, 3.05) is 13.7 Å². The number of carbonyl (C=O) groups excluding carboxylic acids is 2. The molecule has 0 fully saturated rings. The molecular weight excluding hydrogens is 406 g/mol. The molecule has 0 saturated heterocycles. The highest BCUT2D eigenvalue weighted by Crippen LogP contribution is 2.29. The summed E-state index contributed by atoms with van der Waals surface area (Å²) in [6.07, 6.45) is 2.41. The Labute approximate surface area is 169 Å². The fraction of sp³-hybridized carbons (Fsp3) is 0.263. The largest absolute Gasteiger partial charge is 0.493 e. The summed E-state index contributed by atoms with van der Waals surface area (Å²) in [5.41, 5.74) is 1.15. The van der Waals surface area contributed by atoms with Gasteiger partial charge in [-0.25, -0.2) is 9.78 Å². The molecule has 0 aliphatic carbocycles. The molecule has 0 aliphatic heterocycles. The van der Waals surface area contributed by atoms with Crippen LogP contribution < -0.4 is 9.47 Å². The Bertz CT molecular complexity index is 952. The van der Waals surface area contributed by atoms with Crippen molar-refractivity contribution >= 4 is 29.2 Å². The van der Waals surface area contributed by atoms with Crippen molar-refractivity contribution in [3.8, 4) is 17.6 Å². The lowest BCUT2D eigenvalue weighted by atomic mass is 10.1. The second-order valence-electron chi connectivity index (χ2n) is 5.59. The minimum Gasteiger partial charge on any atom is -0.493 e. The maximum absolute atomic E-state index is 12.3. The van der Waals surface area contributed by atoms with E-state index in [-0.39, 0.29) is 11.5 Å². The number of ketones is 1. The number of nitriles is 1. The van der Waals surface area contributed by atoms with Crippen molar-refractivity contribution in [1.29, 1.82) is 5.26 Å². The number of thiazole rings is 1. The summed E-state index contributed by atoms with van der Waals surface area (Å²) in [6.45, 7) is -1.83. The second-order valence-corrected chi connectivity index (χ2v) is 6.48. The first kappa shape index (κ1) is 22.0. The molecule has 1 aromatic carbocycles. The standard InChI is InChI=1S/C19H16F2N2O5S/c1-11-10-29-18(23-11)13(8-22)14(24)9-27-17(25)6-4-12-3-5-15(28-19(20)21)16(7-12)26-2/h3-7,10,13,19H,9H2,1-2H3/b6-4+. The van der Waals surface area contributed by atoms with Crippen LogP contribution in [0.4, 0.5) is 8.78 Å². The topological polar surface area (TPSA) is 98.5 Å². The number of halogens is 2. The van der Waals surface area contributed by atoms with Crippen molar-refractivity contribution in [3.05, 3.63) is 45.9 Å². The van der Waals surface area contributed by atoms with Crippen LogP contribution in [0.3, 0.4) is 0 Å². The molecule has 29 heavy (non-hydrogen) atoms. The fourth-order valence-corrected chi connectivity index (χ4v) is 3.05. The van der Waals surface area contributed by atoms with E-state index >= 15 is 0 Å². The number of hydrogen-bond donors (Lipinski definition) is 0. The van der Waals surface area contributed by atoms with Gasteiger partial charge in [0.1, 0.15) is 5.01 Å². The Balaban J connectivity index is 1.95. The number of aromatic nitrogens is 1. The van der Waals surface area contributed by atoms with Gasteiger partial charge in [0.15, 0.2) is 29.8 Å². The van der Waals surface area contributed by atoms with Gasteiger partial charge in [0.25, 0.3) is 0 Å². The molecule has 2 rings (SSSR count). The highest BCUT2D eigenvalue weighted by atomic mass is 32.1. The number of hydrogen-bond acceptors (Lipinski definition) is 8. The van der Waals surface area contributed by atoms with E-state index in [1.54, 1.807) is 12.3 Å². The van der Waals surface area contributed by atoms with Crippen LogP contribution in [0.2, 0.25) is 0 Å². The van der Waals surface area contributed by atoms with Crippen LogP contribution in [0.5, 0.6) is 11.5 Å². The summed E-state index contributed by atoms with van der Waals surface area (Å²) in [5.74, 6) is -2.58. The molecule has 0 radical (unpaired) electrons. The summed E-state index contributed by atoms with van der Waals surface area (Å²) in [4.78, 5) is 28.0. The average molecular weight is 422 g/mol. The number of aryl methyl sites for hydroxylation is 1. The van der Waals surface area contributed by atoms with E-state index in [2.05, 4.69) is 9.72 Å². The summed E-state index contributed by atoms with van der Waals surface area (Å²) in [7, 11) is 1.29. The first-order valence-electron chi connectivity index (χ1n) is 8.16. The van der Waals surface area contributed by atoms with Gasteiger partial charge in [-0.05, 0) is 30.7 Å². The molecule has 152 valence electrons. The van der Waals surface area contributed by atoms with E-state index in [0.717, 1.165) is 6.08 Å². The summed E-state index contributed by atoms with van der Waals surface area (Å²) >= 11 is 1.18. The summed E-state index contributed by atoms with van der Waals surface area (Å²) in [5, 5.41) is 11.2. The summed E-state index contributed by atoms with van der Waals surface area (Å²) < 4.78 is 38.8. The van der Waals surface area contributed by atoms with Gasteiger partial charge < -0.3 is 14.2 Å². The predicted octanol–water partition coefficient (Wildman–Crippen LogP) is 3.49. The molecule has 1 aromatic heterocycles. The molecule has 10 heteroatoms. The first-order chi connectivity index (χ1) is 13.8. The SMILES string of the molecule is COc1cc(/C=C/C(=O)OCC(=O)C(C#N)c2nc(C)cs2)ccc1OC(F)F. The zero-order valence-corrected chi connectivity index (χ0v) is 16.2. The number of Topliss-reactive ketones (excluding diaryl/α,β-unsaturated/α-hetero) is 1. The third-order valence-corrected chi connectivity index (χ3v) is 4.53. The molecule has 1 unspecified atom stereocenters. The Hall–Kier alpha value is -3.32. The van der Waals surface area contributed by atoms with Gasteiger partial charge in [-0.15, -0.1) is 11.3 Å². The normalized spacial score (nSPS) is 11.9. The highest BCUT2D eigenvalue weighted by Gasteiger charge is 2.24. The van der Waals surface area contributed by atoms with Crippen LogP contribution in [-0.2, 0) is 14.3 Å². The zero-order valence-electron chi connectivity index (χ0n) is 15.4. The van der Waals surface area contributed by atoms with Gasteiger partial charge in [0.05, 0.1) is 13.2 Å². The minimum absolute atomic E-state index is 0.0617. The van der Waals surface area contributed by atoms with Crippen LogP contribution >= 0.6 is 11.3 Å². The van der Waals surface area contributed by atoms with E-state index < -0.39 is 30.9 Å². The zero-order chi connectivity index (χ0) is 21.4. The Morgan fingerprint density at radius 2 is 2.10 bits per heavy atom. The lowest BCUT2D eigenvalue weighted by molar-refractivity contribution is -0.143. The van der Waals surface area contributed by atoms with Crippen molar-refractivity contribution in [3.63, 3.8) is 0 Å². The smallest absolute Gasteiger partial charge is 0.387 e. The van der Waals surface area contributed by atoms with Crippen molar-refractivity contribution in [1.82, 2.24) is 4.98 Å². The average Bonchev–Trinajstić information content (AvgIpc) is 3.11. The number of alkyl halides is 2. The first-order valence-corrected chi connectivity index (χ1v) is 9.04. The number of methoxy groups -OCH3 is 1. The second kappa shape index (κ2) is 10.3. The van der Waals surface area contributed by atoms with E-state index in [1.807, 2.05) is 6.07 Å². The number of benzene rings is 1. The maximum atomic E-state index is 12.3. The summed E-state index contributed by atoms with van der Waals surface area (Å²) in [6, 6.07) is 5.95. The number of esters is 1. The highest BCUT2D eigenvalue weighted by molar-refractivity contribution is 7.09. The van der Waals surface area contributed by atoms with Crippen LogP contribution in [-0.4, -0.2) is 37.1 Å². The molecule has 0 N–H and O–H groups in total. The van der Waals surface area contributed by atoms with Crippen molar-refractivity contribution in [2.45, 2.75) is 19.5 Å². The Kier molecular flexibility index (Phi) is 7.79. The predicted molar refractivity (Wildman–Crippen MR) is 99.8 cm³/mol. The molecule has 1 atom stereocenters. The number of rotatable bonds is 9. The Morgan fingerprint density at radius 1 is 1.34 bits per heavy atom. The monoisotopic (exact) mass is 422 g/mol. The van der Waals surface area contributed by atoms with Crippen LogP contribution in [0, 0.1) is 18.3 Å². The van der Waals surface area contributed by atoms with Crippen molar-refractivity contribution < 1.29 is 32.6 Å². The molecule has 0 amide bonds. The molecule has 2 aromatic rings. The molecular formula is C19H16F2N2O5S. The van der Waals surface area contributed by atoms with Gasteiger partial charge >= 0.3 is 12.6 Å². The van der Waals surface area contributed by atoms with Gasteiger partial charge in [0, 0.05) is 17.2 Å². The van der Waals surface area contributed by atoms with Gasteiger partial charge in [-0.2, -0.15) is 14.0 Å². The van der Waals surface area contributed by atoms with Crippen LogP contribution in [0.15, 0.2) is 29.7 Å². The van der Waals surface area contributed by atoms with E-state index in [0.29, 0.717) is 16.3 Å². The van der Waals surface area contributed by atoms with Crippen LogP contribution in [0.25, 0.3) is 6.08 Å². The minimum atomic E-state index is -3.00. The van der Waals surface area contributed by atoms with E-state index in [9.17, 15) is 23.6 Å². The number of ether oxygens (including phenoxy) is 3. The van der Waals surface area contributed by atoms with Gasteiger partial charge in [-0.3, -0.25) is 4.79 Å². The molecule has 0 saturated carbocycles. The third kappa shape index (κ3) is 6.36. The van der Waals surface area contributed by atoms with E-state index in [1.165, 1.54) is 42.7 Å². The maximum Gasteiger partial charge on any atom is 0.387 e. The molecule has 7 nitrogen and oxygen atoms in total. The molecule has 0 spiro atoms. The van der Waals surface area contributed by atoms with Gasteiger partial charge in [-0.1, -0.05) is 6.07 Å². The molecule has 0 aliphatic rings. The van der Waals surface area contributed by atoms with E-state index in [4.69, 9.17) is 9.47 Å². The van der Waals surface area contributed by atoms with Crippen LogP contribution in [0.1, 0.15) is 22.2 Å². The molecule has 1 heterocycles. The van der Waals surface area contributed by atoms with Gasteiger partial charge in [0.2, 0.25) is 0 Å². The third-order valence-electron chi connectivity index (χ3n) is 3.51. The Morgan fingerprint density at radius 3 is 2.69 bits per heavy atom. The molecule has 0 bridgehead atoms. The number of carbonyl (C=O) groups is 2. The quantitative estimate of drug-likeness (QED) is 0.451. The lowest BCUT2D eigenvalue weighted by Gasteiger charge is -2.10. The lowest BCUT2D eigenvalue weighted by Crippen LogP contribution is -2.19. The fourth-order valence-electron chi connectivity index (χ4n) is 2.19.